The Kier molecular flexibility index (Phi) is 6.89. The van der Waals surface area contributed by atoms with Gasteiger partial charge in [0.1, 0.15) is 29.5 Å². The second kappa shape index (κ2) is 10.6. The summed E-state index contributed by atoms with van der Waals surface area (Å²) in [5.74, 6) is -1.17. The molecule has 2 N–H and O–H groups in total. The summed E-state index contributed by atoms with van der Waals surface area (Å²) in [5.41, 5.74) is 3.63. The van der Waals surface area contributed by atoms with Crippen molar-refractivity contribution in [1.82, 2.24) is 29.8 Å². The van der Waals surface area contributed by atoms with Crippen LogP contribution in [0.5, 0.6) is 0 Å². The molecular formula is C27H25FN6O3. The van der Waals surface area contributed by atoms with Gasteiger partial charge in [-0.1, -0.05) is 30.3 Å². The minimum Gasteiger partial charge on any atom is -0.467 e. The van der Waals surface area contributed by atoms with Crippen molar-refractivity contribution in [3.05, 3.63) is 78.8 Å². The van der Waals surface area contributed by atoms with Gasteiger partial charge in [-0.3, -0.25) is 4.79 Å². The third kappa shape index (κ3) is 5.18. The Morgan fingerprint density at radius 3 is 2.78 bits per heavy atom. The summed E-state index contributed by atoms with van der Waals surface area (Å²) in [7, 11) is 1.31. The molecule has 0 unspecified atom stereocenters. The normalized spacial score (nSPS) is 12.1. The first-order valence-corrected chi connectivity index (χ1v) is 11.9. The molecule has 5 rings (SSSR count). The van der Waals surface area contributed by atoms with Gasteiger partial charge in [0.15, 0.2) is 0 Å². The van der Waals surface area contributed by atoms with Crippen LogP contribution in [0.25, 0.3) is 33.3 Å². The highest BCUT2D eigenvalue weighted by atomic mass is 19.1. The van der Waals surface area contributed by atoms with Crippen LogP contribution in [0.3, 0.4) is 0 Å². The van der Waals surface area contributed by atoms with Gasteiger partial charge in [0, 0.05) is 41.7 Å². The number of aryl methyl sites for hydroxylation is 2. The number of amides is 1. The van der Waals surface area contributed by atoms with E-state index in [1.165, 1.54) is 19.5 Å². The number of carbonyl (C=O) groups excluding carboxylic acids is 2. The zero-order valence-corrected chi connectivity index (χ0v) is 20.1. The number of fused-ring (bicyclic) bond motifs is 2. The summed E-state index contributed by atoms with van der Waals surface area (Å²) in [4.78, 5) is 40.9. The number of esters is 1. The summed E-state index contributed by atoms with van der Waals surface area (Å²) in [6, 6.07) is 12.3. The molecule has 9 nitrogen and oxygen atoms in total. The lowest BCUT2D eigenvalue weighted by atomic mass is 10.1. The van der Waals surface area contributed by atoms with Crippen LogP contribution in [0.15, 0.2) is 67.4 Å². The molecule has 4 aromatic heterocycles. The highest BCUT2D eigenvalue weighted by Gasteiger charge is 2.22. The monoisotopic (exact) mass is 500 g/mol. The van der Waals surface area contributed by atoms with E-state index in [0.29, 0.717) is 47.3 Å². The summed E-state index contributed by atoms with van der Waals surface area (Å²) in [6.45, 7) is 0.350. The van der Waals surface area contributed by atoms with E-state index in [-0.39, 0.29) is 12.3 Å². The number of carbonyl (C=O) groups is 2. The fraction of sp³-hybridized carbons (Fsp3) is 0.222. The Morgan fingerprint density at radius 1 is 1.14 bits per heavy atom. The van der Waals surface area contributed by atoms with Crippen molar-refractivity contribution in [1.29, 1.82) is 0 Å². The van der Waals surface area contributed by atoms with Gasteiger partial charge in [-0.25, -0.2) is 24.1 Å². The number of pyridine rings is 1. The Bertz CT molecular complexity index is 1560. The predicted octanol–water partition coefficient (Wildman–Crippen LogP) is 3.79. The Morgan fingerprint density at radius 2 is 1.97 bits per heavy atom. The second-order valence-corrected chi connectivity index (χ2v) is 8.64. The highest BCUT2D eigenvalue weighted by Crippen LogP contribution is 2.31. The number of aromatic amines is 1. The van der Waals surface area contributed by atoms with Crippen molar-refractivity contribution < 1.29 is 18.7 Å². The van der Waals surface area contributed by atoms with Crippen LogP contribution in [0.4, 0.5) is 4.39 Å². The number of hydrogen-bond acceptors (Lipinski definition) is 6. The molecule has 0 saturated heterocycles. The predicted molar refractivity (Wildman–Crippen MR) is 136 cm³/mol. The third-order valence-electron chi connectivity index (χ3n) is 6.27. The molecule has 0 radical (unpaired) electrons. The van der Waals surface area contributed by atoms with Crippen molar-refractivity contribution in [3.8, 4) is 11.3 Å². The number of methoxy groups -OCH3 is 1. The first-order chi connectivity index (χ1) is 18.0. The lowest BCUT2D eigenvalue weighted by Crippen LogP contribution is -2.42. The maximum atomic E-state index is 13.8. The van der Waals surface area contributed by atoms with Crippen molar-refractivity contribution in [2.75, 3.05) is 7.11 Å². The number of aromatic nitrogens is 5. The lowest BCUT2D eigenvalue weighted by molar-refractivity contribution is -0.145. The van der Waals surface area contributed by atoms with E-state index in [4.69, 9.17) is 4.74 Å². The number of ether oxygens (including phenoxy) is 1. The maximum Gasteiger partial charge on any atom is 0.328 e. The molecule has 0 aliphatic rings. The van der Waals surface area contributed by atoms with E-state index in [1.54, 1.807) is 6.20 Å². The van der Waals surface area contributed by atoms with Crippen LogP contribution in [0.2, 0.25) is 0 Å². The number of H-pyrrole nitrogens is 1. The second-order valence-electron chi connectivity index (χ2n) is 8.64. The van der Waals surface area contributed by atoms with Gasteiger partial charge in [-0.15, -0.1) is 0 Å². The average Bonchev–Trinajstić information content (AvgIpc) is 3.53. The summed E-state index contributed by atoms with van der Waals surface area (Å²) < 4.78 is 20.6. The van der Waals surface area contributed by atoms with E-state index in [2.05, 4.69) is 25.3 Å². The summed E-state index contributed by atoms with van der Waals surface area (Å²) >= 11 is 0. The zero-order valence-electron chi connectivity index (χ0n) is 20.1. The van der Waals surface area contributed by atoms with Gasteiger partial charge in [-0.05, 0) is 30.5 Å². The molecule has 1 atom stereocenters. The number of nitrogens with one attached hydrogen (secondary N) is 2. The zero-order chi connectivity index (χ0) is 25.8. The van der Waals surface area contributed by atoms with Crippen molar-refractivity contribution >= 4 is 33.9 Å². The largest absolute Gasteiger partial charge is 0.467 e. The van der Waals surface area contributed by atoms with Crippen LogP contribution in [0.1, 0.15) is 18.4 Å². The standard InChI is InChI=1S/C27H25FN6O3/c1-37-27(36)22(8-7-17-5-3-2-4-6-17)33-23(35)10-12-34-11-9-19-24(31-16-32-26(19)34)21-15-30-25-20(21)13-18(28)14-29-25/h2-6,9,11,13-16,22H,7-8,10,12H2,1H3,(H,29,30)(H,33,35)/t22-/m1/s1. The summed E-state index contributed by atoms with van der Waals surface area (Å²) in [5, 5.41) is 4.19. The molecule has 0 bridgehead atoms. The number of benzene rings is 1. The Labute approximate surface area is 211 Å². The molecule has 0 saturated carbocycles. The molecule has 0 spiro atoms. The molecule has 37 heavy (non-hydrogen) atoms. The first kappa shape index (κ1) is 24.1. The van der Waals surface area contributed by atoms with E-state index >= 15 is 0 Å². The van der Waals surface area contributed by atoms with Gasteiger partial charge in [-0.2, -0.15) is 0 Å². The van der Waals surface area contributed by atoms with Crippen molar-refractivity contribution in [3.63, 3.8) is 0 Å². The van der Waals surface area contributed by atoms with Crippen LogP contribution in [-0.4, -0.2) is 49.5 Å². The first-order valence-electron chi connectivity index (χ1n) is 11.9. The Hall–Kier alpha value is -4.60. The number of hydrogen-bond donors (Lipinski definition) is 2. The van der Waals surface area contributed by atoms with Gasteiger partial charge in [0.25, 0.3) is 0 Å². The van der Waals surface area contributed by atoms with E-state index in [0.717, 1.165) is 17.1 Å². The molecule has 0 aliphatic heterocycles. The average molecular weight is 501 g/mol. The minimum atomic E-state index is -0.732. The molecule has 0 fully saturated rings. The quantitative estimate of drug-likeness (QED) is 0.298. The highest BCUT2D eigenvalue weighted by molar-refractivity contribution is 6.01. The molecule has 1 aromatic carbocycles. The lowest BCUT2D eigenvalue weighted by Gasteiger charge is -2.17. The van der Waals surface area contributed by atoms with E-state index in [1.807, 2.05) is 47.2 Å². The van der Waals surface area contributed by atoms with Crippen LogP contribution in [-0.2, 0) is 27.3 Å². The number of rotatable bonds is 9. The fourth-order valence-electron chi connectivity index (χ4n) is 4.41. The van der Waals surface area contributed by atoms with E-state index < -0.39 is 17.8 Å². The molecule has 0 aliphatic carbocycles. The molecule has 1 amide bonds. The third-order valence-corrected chi connectivity index (χ3v) is 6.27. The maximum absolute atomic E-state index is 13.8. The van der Waals surface area contributed by atoms with Crippen molar-refractivity contribution in [2.24, 2.45) is 0 Å². The van der Waals surface area contributed by atoms with Crippen LogP contribution in [0, 0.1) is 5.82 Å². The Balaban J connectivity index is 1.29. The van der Waals surface area contributed by atoms with Gasteiger partial charge >= 0.3 is 5.97 Å². The SMILES string of the molecule is COC(=O)[C@@H](CCc1ccccc1)NC(=O)CCn1ccc2c(-c3c[nH]c4ncc(F)cc34)ncnc21. The minimum absolute atomic E-state index is 0.143. The topological polar surface area (TPSA) is 115 Å². The van der Waals surface area contributed by atoms with Crippen LogP contribution < -0.4 is 5.32 Å². The van der Waals surface area contributed by atoms with Crippen molar-refractivity contribution in [2.45, 2.75) is 31.8 Å². The van der Waals surface area contributed by atoms with Gasteiger partial charge in [0.05, 0.1) is 19.0 Å². The van der Waals surface area contributed by atoms with Crippen LogP contribution >= 0.6 is 0 Å². The smallest absolute Gasteiger partial charge is 0.328 e. The number of halogens is 1. The van der Waals surface area contributed by atoms with Gasteiger partial charge in [0.2, 0.25) is 5.91 Å². The van der Waals surface area contributed by atoms with E-state index in [9.17, 15) is 14.0 Å². The van der Waals surface area contributed by atoms with Gasteiger partial charge < -0.3 is 19.6 Å². The molecule has 5 aromatic rings. The molecular weight excluding hydrogens is 475 g/mol. The molecule has 10 heteroatoms. The molecule has 188 valence electrons. The summed E-state index contributed by atoms with van der Waals surface area (Å²) in [6.07, 6.45) is 7.39. The fourth-order valence-corrected chi connectivity index (χ4v) is 4.41. The molecule has 4 heterocycles. The number of nitrogens with zero attached hydrogens (tertiary/aromatic N) is 4.